The number of nitrogens with one attached hydrogen (secondary N) is 1. The number of aryl methyl sites for hydroxylation is 1. The van der Waals surface area contributed by atoms with E-state index in [9.17, 15) is 4.79 Å². The van der Waals surface area contributed by atoms with Crippen LogP contribution < -0.4 is 5.32 Å². The van der Waals surface area contributed by atoms with Gasteiger partial charge in [-0.05, 0) is 46.7 Å². The van der Waals surface area contributed by atoms with Gasteiger partial charge in [0.05, 0.1) is 6.42 Å². The predicted octanol–water partition coefficient (Wildman–Crippen LogP) is 3.18. The average Bonchev–Trinajstić information content (AvgIpc) is 2.34. The Hall–Kier alpha value is -1.43. The summed E-state index contributed by atoms with van der Waals surface area (Å²) in [5.74, 6) is 0.592. The molecule has 92 valence electrons. The molecule has 0 atom stereocenters. The molecule has 1 heterocycles. The number of aromatic nitrogens is 1. The van der Waals surface area contributed by atoms with Gasteiger partial charge in [-0.2, -0.15) is 0 Å². The molecule has 4 heteroatoms. The number of carbonyl (C=O) groups is 1. The fourth-order valence-electron chi connectivity index (χ4n) is 1.63. The number of nitrogens with zero attached hydrogens (tertiary/aromatic N) is 1. The molecule has 0 radical (unpaired) electrons. The molecule has 2 rings (SSSR count). The van der Waals surface area contributed by atoms with Gasteiger partial charge in [-0.25, -0.2) is 4.98 Å². The van der Waals surface area contributed by atoms with Crippen molar-refractivity contribution in [2.75, 3.05) is 5.32 Å². The number of carbonyl (C=O) groups excluding carboxylic acids is 1. The van der Waals surface area contributed by atoms with Crippen LogP contribution in [-0.2, 0) is 11.2 Å². The summed E-state index contributed by atoms with van der Waals surface area (Å²) >= 11 is 2.20. The summed E-state index contributed by atoms with van der Waals surface area (Å²) < 4.78 is 1.06. The van der Waals surface area contributed by atoms with E-state index < -0.39 is 0 Å². The average molecular weight is 352 g/mol. The van der Waals surface area contributed by atoms with Crippen LogP contribution in [0.2, 0.25) is 0 Å². The summed E-state index contributed by atoms with van der Waals surface area (Å²) in [6.07, 6.45) is 2.11. The number of rotatable bonds is 3. The molecule has 0 bridgehead atoms. The lowest BCUT2D eigenvalue weighted by molar-refractivity contribution is -0.115. The molecule has 1 amide bonds. The minimum Gasteiger partial charge on any atom is -0.310 e. The van der Waals surface area contributed by atoms with E-state index in [0.717, 1.165) is 14.7 Å². The number of amides is 1. The fourth-order valence-corrected chi connectivity index (χ4v) is 2.24. The first-order valence-electron chi connectivity index (χ1n) is 5.61. The lowest BCUT2D eigenvalue weighted by Gasteiger charge is -2.07. The van der Waals surface area contributed by atoms with Crippen LogP contribution in [0.15, 0.2) is 42.6 Å². The highest BCUT2D eigenvalue weighted by Gasteiger charge is 2.07. The van der Waals surface area contributed by atoms with Crippen LogP contribution in [0, 0.1) is 10.5 Å². The van der Waals surface area contributed by atoms with Gasteiger partial charge in [0.1, 0.15) is 5.82 Å². The molecule has 0 aliphatic carbocycles. The fraction of sp³-hybridized carbons (Fsp3) is 0.143. The molecule has 2 aromatic rings. The van der Waals surface area contributed by atoms with Crippen LogP contribution in [0.3, 0.4) is 0 Å². The molecule has 3 nitrogen and oxygen atoms in total. The molecule has 1 aromatic carbocycles. The maximum atomic E-state index is 11.9. The van der Waals surface area contributed by atoms with Gasteiger partial charge in [-0.15, -0.1) is 0 Å². The monoisotopic (exact) mass is 352 g/mol. The van der Waals surface area contributed by atoms with Crippen molar-refractivity contribution in [3.8, 4) is 0 Å². The third kappa shape index (κ3) is 3.53. The van der Waals surface area contributed by atoms with Gasteiger partial charge >= 0.3 is 0 Å². The Morgan fingerprint density at radius 3 is 2.72 bits per heavy atom. The Kier molecular flexibility index (Phi) is 4.30. The highest BCUT2D eigenvalue weighted by Crippen LogP contribution is 2.14. The molecule has 0 fully saturated rings. The number of hydrogen-bond acceptors (Lipinski definition) is 2. The summed E-state index contributed by atoms with van der Waals surface area (Å²) in [5.41, 5.74) is 1.97. The molecule has 0 saturated heterocycles. The van der Waals surface area contributed by atoms with Gasteiger partial charge in [0.15, 0.2) is 0 Å². The van der Waals surface area contributed by atoms with E-state index in [1.807, 2.05) is 43.3 Å². The summed E-state index contributed by atoms with van der Waals surface area (Å²) in [5, 5.41) is 2.83. The number of pyridine rings is 1. The summed E-state index contributed by atoms with van der Waals surface area (Å²) in [7, 11) is 0. The van der Waals surface area contributed by atoms with Crippen molar-refractivity contribution in [3.05, 3.63) is 57.3 Å². The second kappa shape index (κ2) is 5.95. The number of hydrogen-bond donors (Lipinski definition) is 1. The van der Waals surface area contributed by atoms with Crippen molar-refractivity contribution >= 4 is 34.3 Å². The lowest BCUT2D eigenvalue weighted by atomic mass is 10.1. The van der Waals surface area contributed by atoms with E-state index in [2.05, 4.69) is 32.9 Å². The molecule has 0 unspecified atom stereocenters. The van der Waals surface area contributed by atoms with Crippen LogP contribution >= 0.6 is 22.6 Å². The van der Waals surface area contributed by atoms with Gasteiger partial charge in [-0.1, -0.05) is 30.3 Å². The zero-order valence-electron chi connectivity index (χ0n) is 9.98. The van der Waals surface area contributed by atoms with Crippen LogP contribution in [-0.4, -0.2) is 10.9 Å². The summed E-state index contributed by atoms with van der Waals surface area (Å²) in [4.78, 5) is 16.1. The molecule has 0 spiro atoms. The van der Waals surface area contributed by atoms with Crippen LogP contribution in [0.1, 0.15) is 11.1 Å². The normalized spacial score (nSPS) is 10.1. The number of benzene rings is 1. The van der Waals surface area contributed by atoms with Crippen molar-refractivity contribution in [1.29, 1.82) is 0 Å². The van der Waals surface area contributed by atoms with Gasteiger partial charge in [0.2, 0.25) is 5.91 Å². The first kappa shape index (κ1) is 13.0. The summed E-state index contributed by atoms with van der Waals surface area (Å²) in [6, 6.07) is 11.7. The molecule has 1 N–H and O–H groups in total. The van der Waals surface area contributed by atoms with Gasteiger partial charge < -0.3 is 5.32 Å². The number of halogens is 1. The van der Waals surface area contributed by atoms with Crippen LogP contribution in [0.5, 0.6) is 0 Å². The maximum Gasteiger partial charge on any atom is 0.229 e. The minimum atomic E-state index is -0.0435. The van der Waals surface area contributed by atoms with Crippen molar-refractivity contribution in [3.63, 3.8) is 0 Å². The van der Waals surface area contributed by atoms with E-state index in [1.165, 1.54) is 0 Å². The summed E-state index contributed by atoms with van der Waals surface area (Å²) in [6.45, 7) is 1.94. The van der Waals surface area contributed by atoms with E-state index in [-0.39, 0.29) is 5.91 Å². The maximum absolute atomic E-state index is 11.9. The second-order valence-corrected chi connectivity index (χ2v) is 5.28. The molecule has 1 aromatic heterocycles. The van der Waals surface area contributed by atoms with E-state index in [4.69, 9.17) is 0 Å². The Morgan fingerprint density at radius 2 is 2.06 bits per heavy atom. The second-order valence-electron chi connectivity index (χ2n) is 4.03. The van der Waals surface area contributed by atoms with Crippen molar-refractivity contribution in [2.45, 2.75) is 13.3 Å². The first-order valence-corrected chi connectivity index (χ1v) is 6.69. The Bertz CT molecular complexity index is 555. The van der Waals surface area contributed by atoms with Gasteiger partial charge in [-0.3, -0.25) is 4.79 Å². The smallest absolute Gasteiger partial charge is 0.229 e. The first-order chi connectivity index (χ1) is 8.65. The largest absolute Gasteiger partial charge is 0.310 e. The van der Waals surface area contributed by atoms with Crippen molar-refractivity contribution < 1.29 is 4.79 Å². The Labute approximate surface area is 120 Å². The zero-order chi connectivity index (χ0) is 13.0. The van der Waals surface area contributed by atoms with Crippen molar-refractivity contribution in [1.82, 2.24) is 4.98 Å². The van der Waals surface area contributed by atoms with Crippen LogP contribution in [0.25, 0.3) is 0 Å². The minimum absolute atomic E-state index is 0.0435. The molecular formula is C14H13IN2O. The van der Waals surface area contributed by atoms with E-state index in [1.54, 1.807) is 6.20 Å². The third-order valence-electron chi connectivity index (χ3n) is 2.51. The highest BCUT2D eigenvalue weighted by atomic mass is 127. The lowest BCUT2D eigenvalue weighted by Crippen LogP contribution is -2.16. The third-order valence-corrected chi connectivity index (χ3v) is 3.10. The van der Waals surface area contributed by atoms with Gasteiger partial charge in [0, 0.05) is 9.77 Å². The van der Waals surface area contributed by atoms with Gasteiger partial charge in [0.25, 0.3) is 0 Å². The van der Waals surface area contributed by atoms with E-state index in [0.29, 0.717) is 12.2 Å². The van der Waals surface area contributed by atoms with E-state index >= 15 is 0 Å². The molecule has 0 aliphatic rings. The zero-order valence-corrected chi connectivity index (χ0v) is 12.1. The molecule has 18 heavy (non-hydrogen) atoms. The molecule has 0 saturated carbocycles. The molecular weight excluding hydrogens is 339 g/mol. The Balaban J connectivity index is 2.03. The SMILES string of the molecule is Cc1cc(I)cnc1NC(=O)Cc1ccccc1. The standard InChI is InChI=1S/C14H13IN2O/c1-10-7-12(15)9-16-14(10)17-13(18)8-11-5-3-2-4-6-11/h2-7,9H,8H2,1H3,(H,16,17,18). The molecule has 0 aliphatic heterocycles. The highest BCUT2D eigenvalue weighted by molar-refractivity contribution is 14.1. The quantitative estimate of drug-likeness (QED) is 0.863. The van der Waals surface area contributed by atoms with Crippen molar-refractivity contribution in [2.24, 2.45) is 0 Å². The van der Waals surface area contributed by atoms with Crippen LogP contribution in [0.4, 0.5) is 5.82 Å². The number of anilines is 1. The Morgan fingerprint density at radius 1 is 1.33 bits per heavy atom. The topological polar surface area (TPSA) is 42.0 Å². The predicted molar refractivity (Wildman–Crippen MR) is 80.5 cm³/mol.